The largest absolute Gasteiger partial charge is 0.493 e. The second kappa shape index (κ2) is 9.46. The van der Waals surface area contributed by atoms with Gasteiger partial charge in [-0.1, -0.05) is 19.8 Å². The van der Waals surface area contributed by atoms with E-state index in [1.807, 2.05) is 0 Å². The fraction of sp³-hybridized carbons (Fsp3) is 0.389. The van der Waals surface area contributed by atoms with Crippen LogP contribution in [0, 0.1) is 0 Å². The SMILES string of the molecule is CCCCCNc1ncc(C(=O)Nc2ccc(OC)c(OC)c2)cn1. The predicted octanol–water partition coefficient (Wildman–Crippen LogP) is 3.35. The Hall–Kier alpha value is -2.83. The molecule has 1 heterocycles. The Morgan fingerprint density at radius 2 is 1.80 bits per heavy atom. The minimum atomic E-state index is -0.287. The zero-order valence-electron chi connectivity index (χ0n) is 14.8. The fourth-order valence-corrected chi connectivity index (χ4v) is 2.23. The molecule has 0 aliphatic rings. The van der Waals surface area contributed by atoms with Crippen molar-refractivity contribution in [3.05, 3.63) is 36.2 Å². The number of rotatable bonds is 9. The van der Waals surface area contributed by atoms with E-state index < -0.39 is 0 Å². The zero-order valence-corrected chi connectivity index (χ0v) is 14.8. The summed E-state index contributed by atoms with van der Waals surface area (Å²) in [4.78, 5) is 20.6. The van der Waals surface area contributed by atoms with Crippen molar-refractivity contribution in [2.75, 3.05) is 31.4 Å². The van der Waals surface area contributed by atoms with Crippen molar-refractivity contribution in [2.45, 2.75) is 26.2 Å². The number of unbranched alkanes of at least 4 members (excludes halogenated alkanes) is 2. The minimum absolute atomic E-state index is 0.287. The molecular formula is C18H24N4O3. The lowest BCUT2D eigenvalue weighted by atomic mass is 10.2. The number of carbonyl (C=O) groups is 1. The van der Waals surface area contributed by atoms with Gasteiger partial charge in [-0.2, -0.15) is 0 Å². The summed E-state index contributed by atoms with van der Waals surface area (Å²) >= 11 is 0. The van der Waals surface area contributed by atoms with Gasteiger partial charge in [0.25, 0.3) is 5.91 Å². The van der Waals surface area contributed by atoms with Crippen LogP contribution in [0.2, 0.25) is 0 Å². The van der Waals surface area contributed by atoms with Crippen LogP contribution in [0.5, 0.6) is 11.5 Å². The molecule has 0 aliphatic carbocycles. The zero-order chi connectivity index (χ0) is 18.1. The number of nitrogens with one attached hydrogen (secondary N) is 2. The molecule has 0 aliphatic heterocycles. The van der Waals surface area contributed by atoms with E-state index in [2.05, 4.69) is 27.5 Å². The molecule has 0 fully saturated rings. The molecule has 2 aromatic rings. The number of nitrogens with zero attached hydrogens (tertiary/aromatic N) is 2. The molecule has 0 unspecified atom stereocenters. The number of methoxy groups -OCH3 is 2. The second-order valence-electron chi connectivity index (χ2n) is 5.45. The molecule has 7 nitrogen and oxygen atoms in total. The van der Waals surface area contributed by atoms with Gasteiger partial charge in [0.2, 0.25) is 5.95 Å². The van der Waals surface area contributed by atoms with Crippen LogP contribution in [-0.2, 0) is 0 Å². The number of anilines is 2. The van der Waals surface area contributed by atoms with E-state index in [1.54, 1.807) is 32.4 Å². The average molecular weight is 344 g/mol. The van der Waals surface area contributed by atoms with Crippen molar-refractivity contribution in [1.29, 1.82) is 0 Å². The van der Waals surface area contributed by atoms with E-state index in [9.17, 15) is 4.79 Å². The molecule has 0 saturated heterocycles. The highest BCUT2D eigenvalue weighted by atomic mass is 16.5. The van der Waals surface area contributed by atoms with Gasteiger partial charge < -0.3 is 20.1 Å². The van der Waals surface area contributed by atoms with Crippen molar-refractivity contribution in [3.8, 4) is 11.5 Å². The highest BCUT2D eigenvalue weighted by molar-refractivity contribution is 6.04. The summed E-state index contributed by atoms with van der Waals surface area (Å²) < 4.78 is 10.4. The third-order valence-electron chi connectivity index (χ3n) is 3.62. The van der Waals surface area contributed by atoms with E-state index >= 15 is 0 Å². The molecule has 0 saturated carbocycles. The molecule has 134 valence electrons. The predicted molar refractivity (Wildman–Crippen MR) is 97.5 cm³/mol. The normalized spacial score (nSPS) is 10.2. The van der Waals surface area contributed by atoms with E-state index in [0.717, 1.165) is 19.4 Å². The molecule has 25 heavy (non-hydrogen) atoms. The lowest BCUT2D eigenvalue weighted by Crippen LogP contribution is -2.14. The maximum absolute atomic E-state index is 12.3. The maximum Gasteiger partial charge on any atom is 0.258 e. The molecule has 0 bridgehead atoms. The average Bonchev–Trinajstić information content (AvgIpc) is 2.65. The molecule has 7 heteroatoms. The summed E-state index contributed by atoms with van der Waals surface area (Å²) in [6.07, 6.45) is 6.41. The smallest absolute Gasteiger partial charge is 0.258 e. The Balaban J connectivity index is 1.96. The van der Waals surface area contributed by atoms with Crippen LogP contribution >= 0.6 is 0 Å². The summed E-state index contributed by atoms with van der Waals surface area (Å²) in [5.74, 6) is 1.38. The van der Waals surface area contributed by atoms with E-state index in [4.69, 9.17) is 9.47 Å². The van der Waals surface area contributed by atoms with E-state index in [-0.39, 0.29) is 5.91 Å². The first-order valence-corrected chi connectivity index (χ1v) is 8.27. The Morgan fingerprint density at radius 3 is 2.44 bits per heavy atom. The number of carbonyl (C=O) groups excluding carboxylic acids is 1. The van der Waals surface area contributed by atoms with Crippen molar-refractivity contribution in [3.63, 3.8) is 0 Å². The summed E-state index contributed by atoms with van der Waals surface area (Å²) in [6, 6.07) is 5.17. The third-order valence-corrected chi connectivity index (χ3v) is 3.62. The summed E-state index contributed by atoms with van der Waals surface area (Å²) in [7, 11) is 3.11. The van der Waals surface area contributed by atoms with Gasteiger partial charge in [-0.15, -0.1) is 0 Å². The molecule has 2 N–H and O–H groups in total. The minimum Gasteiger partial charge on any atom is -0.493 e. The molecule has 1 aromatic carbocycles. The first-order valence-electron chi connectivity index (χ1n) is 8.27. The lowest BCUT2D eigenvalue weighted by molar-refractivity contribution is 0.102. The lowest BCUT2D eigenvalue weighted by Gasteiger charge is -2.10. The van der Waals surface area contributed by atoms with Crippen LogP contribution in [0.4, 0.5) is 11.6 Å². The van der Waals surface area contributed by atoms with Crippen LogP contribution in [0.3, 0.4) is 0 Å². The molecule has 0 spiro atoms. The number of ether oxygens (including phenoxy) is 2. The number of hydrogen-bond donors (Lipinski definition) is 2. The van der Waals surface area contributed by atoms with Gasteiger partial charge >= 0.3 is 0 Å². The van der Waals surface area contributed by atoms with Crippen LogP contribution in [0.1, 0.15) is 36.5 Å². The number of benzene rings is 1. The maximum atomic E-state index is 12.3. The van der Waals surface area contributed by atoms with Gasteiger partial charge in [-0.25, -0.2) is 9.97 Å². The Bertz CT molecular complexity index is 689. The van der Waals surface area contributed by atoms with Crippen LogP contribution in [-0.4, -0.2) is 36.6 Å². The highest BCUT2D eigenvalue weighted by Gasteiger charge is 2.10. The van der Waals surface area contributed by atoms with Crippen LogP contribution in [0.15, 0.2) is 30.6 Å². The first kappa shape index (κ1) is 18.5. The number of aromatic nitrogens is 2. The van der Waals surface area contributed by atoms with Gasteiger partial charge in [0, 0.05) is 30.7 Å². The van der Waals surface area contributed by atoms with Gasteiger partial charge in [0.05, 0.1) is 19.8 Å². The van der Waals surface area contributed by atoms with Gasteiger partial charge in [0.1, 0.15) is 0 Å². The number of amides is 1. The van der Waals surface area contributed by atoms with Crippen molar-refractivity contribution in [1.82, 2.24) is 9.97 Å². The van der Waals surface area contributed by atoms with Crippen molar-refractivity contribution in [2.24, 2.45) is 0 Å². The molecular weight excluding hydrogens is 320 g/mol. The van der Waals surface area contributed by atoms with E-state index in [1.165, 1.54) is 18.8 Å². The third kappa shape index (κ3) is 5.34. The molecule has 0 radical (unpaired) electrons. The second-order valence-corrected chi connectivity index (χ2v) is 5.45. The fourth-order valence-electron chi connectivity index (χ4n) is 2.23. The van der Waals surface area contributed by atoms with Crippen LogP contribution < -0.4 is 20.1 Å². The molecule has 2 rings (SSSR count). The van der Waals surface area contributed by atoms with Gasteiger partial charge in [-0.05, 0) is 18.6 Å². The summed E-state index contributed by atoms with van der Waals surface area (Å²) in [5, 5.41) is 5.93. The summed E-state index contributed by atoms with van der Waals surface area (Å²) in [6.45, 7) is 2.98. The summed E-state index contributed by atoms with van der Waals surface area (Å²) in [5.41, 5.74) is 0.985. The Labute approximate surface area is 147 Å². The highest BCUT2D eigenvalue weighted by Crippen LogP contribution is 2.29. The Kier molecular flexibility index (Phi) is 7.00. The first-order chi connectivity index (χ1) is 12.2. The molecule has 1 aromatic heterocycles. The van der Waals surface area contributed by atoms with Gasteiger partial charge in [-0.3, -0.25) is 4.79 Å². The molecule has 0 atom stereocenters. The van der Waals surface area contributed by atoms with E-state index in [0.29, 0.717) is 28.7 Å². The number of hydrogen-bond acceptors (Lipinski definition) is 6. The Morgan fingerprint density at radius 1 is 1.08 bits per heavy atom. The van der Waals surface area contributed by atoms with Crippen LogP contribution in [0.25, 0.3) is 0 Å². The van der Waals surface area contributed by atoms with Crippen molar-refractivity contribution >= 4 is 17.5 Å². The quantitative estimate of drug-likeness (QED) is 0.679. The molecule has 1 amide bonds. The monoisotopic (exact) mass is 344 g/mol. The van der Waals surface area contributed by atoms with Gasteiger partial charge in [0.15, 0.2) is 11.5 Å². The topological polar surface area (TPSA) is 85.4 Å². The standard InChI is InChI=1S/C18H24N4O3/c1-4-5-6-9-19-18-20-11-13(12-21-18)17(23)22-14-7-8-15(24-2)16(10-14)25-3/h7-8,10-12H,4-6,9H2,1-3H3,(H,22,23)(H,19,20,21). The van der Waals surface area contributed by atoms with Crippen molar-refractivity contribution < 1.29 is 14.3 Å².